The number of nitrogens with zero attached hydrogens (tertiary/aromatic N) is 1. The molecule has 0 fully saturated rings. The van der Waals surface area contributed by atoms with Gasteiger partial charge in [0.05, 0.1) is 5.69 Å². The normalized spacial score (nSPS) is 11.3. The van der Waals surface area contributed by atoms with Crippen LogP contribution in [-0.2, 0) is 6.42 Å². The minimum atomic E-state index is 0.634. The van der Waals surface area contributed by atoms with E-state index < -0.39 is 0 Å². The molecule has 2 aromatic heterocycles. The molecule has 0 amide bonds. The number of fused-ring (bicyclic) bond motifs is 1. The van der Waals surface area contributed by atoms with E-state index in [2.05, 4.69) is 40.3 Å². The van der Waals surface area contributed by atoms with Crippen molar-refractivity contribution >= 4 is 10.9 Å². The maximum atomic E-state index is 5.71. The van der Waals surface area contributed by atoms with Gasteiger partial charge in [-0.1, -0.05) is 18.2 Å². The number of para-hydroxylation sites is 1. The Kier molecular flexibility index (Phi) is 2.87. The molecule has 19 heavy (non-hydrogen) atoms. The molecule has 1 aromatic carbocycles. The van der Waals surface area contributed by atoms with Gasteiger partial charge in [0.1, 0.15) is 0 Å². The summed E-state index contributed by atoms with van der Waals surface area (Å²) < 4.78 is 0. The van der Waals surface area contributed by atoms with E-state index >= 15 is 0 Å². The highest BCUT2D eigenvalue weighted by molar-refractivity contribution is 5.97. The Labute approximate surface area is 112 Å². The molecule has 0 aliphatic heterocycles. The van der Waals surface area contributed by atoms with E-state index in [0.29, 0.717) is 6.54 Å². The van der Waals surface area contributed by atoms with Crippen molar-refractivity contribution in [2.24, 2.45) is 5.73 Å². The predicted molar refractivity (Wildman–Crippen MR) is 78.1 cm³/mol. The molecule has 98 valence electrons. The van der Waals surface area contributed by atoms with E-state index in [1.165, 1.54) is 16.5 Å². The molecule has 4 N–H and O–H groups in total. The number of H-pyrrole nitrogens is 2. The summed E-state index contributed by atoms with van der Waals surface area (Å²) in [6.45, 7) is 4.77. The largest absolute Gasteiger partial charge is 0.358 e. The van der Waals surface area contributed by atoms with E-state index in [0.717, 1.165) is 29.0 Å². The molecular weight excluding hydrogens is 236 g/mol. The molecule has 2 heterocycles. The van der Waals surface area contributed by atoms with E-state index in [-0.39, 0.29) is 0 Å². The Morgan fingerprint density at radius 3 is 2.74 bits per heavy atom. The van der Waals surface area contributed by atoms with Crippen molar-refractivity contribution in [1.82, 2.24) is 15.2 Å². The summed E-state index contributed by atoms with van der Waals surface area (Å²) in [4.78, 5) is 3.42. The number of aryl methyl sites for hydroxylation is 2. The van der Waals surface area contributed by atoms with Gasteiger partial charge in [0.2, 0.25) is 0 Å². The summed E-state index contributed by atoms with van der Waals surface area (Å²) in [5.74, 6) is 0. The van der Waals surface area contributed by atoms with Crippen molar-refractivity contribution in [2.45, 2.75) is 20.3 Å². The van der Waals surface area contributed by atoms with Gasteiger partial charge in [0.25, 0.3) is 0 Å². The molecule has 0 saturated heterocycles. The van der Waals surface area contributed by atoms with Crippen LogP contribution in [0, 0.1) is 13.8 Å². The zero-order chi connectivity index (χ0) is 13.4. The van der Waals surface area contributed by atoms with Gasteiger partial charge in [0.15, 0.2) is 0 Å². The summed E-state index contributed by atoms with van der Waals surface area (Å²) in [6, 6.07) is 8.32. The monoisotopic (exact) mass is 254 g/mol. The molecule has 0 spiro atoms. The Bertz CT molecular complexity index is 721. The molecule has 4 nitrogen and oxygen atoms in total. The van der Waals surface area contributed by atoms with E-state index in [1.807, 2.05) is 13.0 Å². The minimum absolute atomic E-state index is 0.634. The summed E-state index contributed by atoms with van der Waals surface area (Å²) >= 11 is 0. The van der Waals surface area contributed by atoms with Gasteiger partial charge in [0, 0.05) is 33.4 Å². The molecule has 0 bridgehead atoms. The second-order valence-corrected chi connectivity index (χ2v) is 4.89. The molecule has 3 rings (SSSR count). The highest BCUT2D eigenvalue weighted by atomic mass is 15.1. The summed E-state index contributed by atoms with van der Waals surface area (Å²) in [7, 11) is 0. The highest BCUT2D eigenvalue weighted by Crippen LogP contribution is 2.33. The second-order valence-electron chi connectivity index (χ2n) is 4.89. The van der Waals surface area contributed by atoms with Crippen LogP contribution in [0.5, 0.6) is 0 Å². The Balaban J connectivity index is 2.27. The fourth-order valence-electron chi connectivity index (χ4n) is 2.69. The first kappa shape index (κ1) is 12.0. The number of aromatic amines is 2. The van der Waals surface area contributed by atoms with Gasteiger partial charge in [-0.25, -0.2) is 0 Å². The minimum Gasteiger partial charge on any atom is -0.358 e. The third-order valence-electron chi connectivity index (χ3n) is 3.60. The zero-order valence-corrected chi connectivity index (χ0v) is 11.2. The molecule has 0 radical (unpaired) electrons. The summed E-state index contributed by atoms with van der Waals surface area (Å²) in [5.41, 5.74) is 12.5. The first-order valence-corrected chi connectivity index (χ1v) is 6.54. The lowest BCUT2D eigenvalue weighted by molar-refractivity contribution is 0.957. The van der Waals surface area contributed by atoms with Crippen molar-refractivity contribution in [3.05, 3.63) is 41.2 Å². The molecule has 4 heteroatoms. The van der Waals surface area contributed by atoms with Gasteiger partial charge in [-0.15, -0.1) is 0 Å². The first-order valence-electron chi connectivity index (χ1n) is 6.54. The Hall–Kier alpha value is -2.07. The van der Waals surface area contributed by atoms with Crippen LogP contribution in [-0.4, -0.2) is 21.7 Å². The van der Waals surface area contributed by atoms with Gasteiger partial charge in [-0.2, -0.15) is 5.10 Å². The Morgan fingerprint density at radius 2 is 1.95 bits per heavy atom. The lowest BCUT2D eigenvalue weighted by Crippen LogP contribution is -2.04. The van der Waals surface area contributed by atoms with Crippen molar-refractivity contribution in [1.29, 1.82) is 0 Å². The maximum Gasteiger partial charge on any atom is 0.0980 e. The second kappa shape index (κ2) is 4.55. The van der Waals surface area contributed by atoms with Crippen LogP contribution in [0.4, 0.5) is 0 Å². The predicted octanol–water partition coefficient (Wildman–Crippen LogP) is 2.68. The lowest BCUT2D eigenvalue weighted by atomic mass is 10.0. The van der Waals surface area contributed by atoms with Crippen LogP contribution in [0.1, 0.15) is 17.0 Å². The van der Waals surface area contributed by atoms with Crippen LogP contribution < -0.4 is 5.73 Å². The number of nitrogens with two attached hydrogens (primary N) is 1. The van der Waals surface area contributed by atoms with Crippen LogP contribution in [0.15, 0.2) is 24.3 Å². The average Bonchev–Trinajstić information content (AvgIpc) is 2.91. The Morgan fingerprint density at radius 1 is 1.16 bits per heavy atom. The zero-order valence-electron chi connectivity index (χ0n) is 11.2. The number of hydrogen-bond acceptors (Lipinski definition) is 2. The fourth-order valence-corrected chi connectivity index (χ4v) is 2.69. The van der Waals surface area contributed by atoms with Crippen molar-refractivity contribution in [3.63, 3.8) is 0 Å². The highest BCUT2D eigenvalue weighted by Gasteiger charge is 2.17. The van der Waals surface area contributed by atoms with Crippen LogP contribution in [0.25, 0.3) is 22.2 Å². The van der Waals surface area contributed by atoms with Crippen molar-refractivity contribution in [2.75, 3.05) is 6.54 Å². The smallest absolute Gasteiger partial charge is 0.0980 e. The fraction of sp³-hybridized carbons (Fsp3) is 0.267. The molecule has 0 atom stereocenters. The van der Waals surface area contributed by atoms with E-state index in [1.54, 1.807) is 0 Å². The summed E-state index contributed by atoms with van der Waals surface area (Å²) in [5, 5.41) is 8.78. The van der Waals surface area contributed by atoms with E-state index in [4.69, 9.17) is 5.73 Å². The average molecular weight is 254 g/mol. The number of benzene rings is 1. The quantitative estimate of drug-likeness (QED) is 0.672. The topological polar surface area (TPSA) is 70.5 Å². The molecule has 0 saturated carbocycles. The summed E-state index contributed by atoms with van der Waals surface area (Å²) in [6.07, 6.45) is 0.844. The molecule has 0 aliphatic rings. The van der Waals surface area contributed by atoms with Crippen molar-refractivity contribution in [3.8, 4) is 11.3 Å². The first-order chi connectivity index (χ1) is 9.22. The maximum absolute atomic E-state index is 5.71. The van der Waals surface area contributed by atoms with Crippen LogP contribution >= 0.6 is 0 Å². The van der Waals surface area contributed by atoms with Gasteiger partial charge in [-0.3, -0.25) is 5.10 Å². The van der Waals surface area contributed by atoms with Gasteiger partial charge >= 0.3 is 0 Å². The van der Waals surface area contributed by atoms with Crippen LogP contribution in [0.3, 0.4) is 0 Å². The molecule has 0 aliphatic carbocycles. The number of nitrogens with one attached hydrogen (secondary N) is 2. The van der Waals surface area contributed by atoms with Crippen molar-refractivity contribution < 1.29 is 0 Å². The van der Waals surface area contributed by atoms with E-state index in [9.17, 15) is 0 Å². The third kappa shape index (κ3) is 1.85. The van der Waals surface area contributed by atoms with Gasteiger partial charge < -0.3 is 10.7 Å². The number of rotatable bonds is 3. The van der Waals surface area contributed by atoms with Gasteiger partial charge in [-0.05, 0) is 32.9 Å². The van der Waals surface area contributed by atoms with Crippen LogP contribution in [0.2, 0.25) is 0 Å². The standard InChI is InChI=1S/C15H18N4/c1-9-11(7-8-16)15(19-18-9)14-10(2)17-13-6-4-3-5-12(13)14/h3-6,17H,7-8,16H2,1-2H3,(H,18,19). The lowest BCUT2D eigenvalue weighted by Gasteiger charge is -2.03. The SMILES string of the molecule is Cc1[nH]nc(-c2c(C)[nH]c3ccccc23)c1CCN. The molecule has 3 aromatic rings. The number of aromatic nitrogens is 3. The third-order valence-corrected chi connectivity index (χ3v) is 3.60. The molecular formula is C15H18N4. The molecule has 0 unspecified atom stereocenters. The number of hydrogen-bond donors (Lipinski definition) is 3.